The predicted octanol–water partition coefficient (Wildman–Crippen LogP) is 18.9. The fraction of sp³-hybridized carbons (Fsp3) is 0.182. The zero-order valence-corrected chi connectivity index (χ0v) is 41.7. The first kappa shape index (κ1) is 42.3. The van der Waals surface area contributed by atoms with Crippen molar-refractivity contribution in [2.24, 2.45) is 0 Å². The maximum Gasteiger partial charge on any atom is 0.160 e. The van der Waals surface area contributed by atoms with Crippen LogP contribution in [0.2, 0.25) is 0 Å². The van der Waals surface area contributed by atoms with Gasteiger partial charge in [0, 0.05) is 55.1 Å². The molecule has 2 aromatic heterocycles. The van der Waals surface area contributed by atoms with Crippen molar-refractivity contribution in [3.63, 3.8) is 0 Å². The first-order valence-corrected chi connectivity index (χ1v) is 24.8. The Hall–Kier alpha value is -7.82. The molecule has 70 heavy (non-hydrogen) atoms. The van der Waals surface area contributed by atoms with E-state index in [0.717, 1.165) is 67.2 Å². The van der Waals surface area contributed by atoms with E-state index in [1.807, 2.05) is 0 Å². The summed E-state index contributed by atoms with van der Waals surface area (Å²) in [6.45, 7) is 23.1. The third-order valence-electron chi connectivity index (χ3n) is 16.0. The lowest BCUT2D eigenvalue weighted by atomic mass is 9.72. The van der Waals surface area contributed by atoms with Gasteiger partial charge in [0.1, 0.15) is 11.2 Å². The molecule has 0 aliphatic heterocycles. The van der Waals surface area contributed by atoms with Gasteiger partial charge in [0.25, 0.3) is 0 Å². The minimum Gasteiger partial charge on any atom is -0.454 e. The van der Waals surface area contributed by atoms with Crippen molar-refractivity contribution in [1.82, 2.24) is 0 Å². The van der Waals surface area contributed by atoms with Crippen LogP contribution >= 0.6 is 0 Å². The number of nitrogens with zero attached hydrogens (tertiary/aromatic N) is 2. The van der Waals surface area contributed by atoms with Crippen LogP contribution in [0.15, 0.2) is 167 Å². The van der Waals surface area contributed by atoms with Gasteiger partial charge >= 0.3 is 0 Å². The Morgan fingerprint density at radius 2 is 0.729 bits per heavy atom. The summed E-state index contributed by atoms with van der Waals surface area (Å²) in [4.78, 5) is 4.91. The number of para-hydroxylation sites is 4. The highest BCUT2D eigenvalue weighted by atomic mass is 16.3. The van der Waals surface area contributed by atoms with E-state index in [1.165, 1.54) is 88.7 Å². The van der Waals surface area contributed by atoms with E-state index in [9.17, 15) is 0 Å². The second-order valence-corrected chi connectivity index (χ2v) is 21.2. The lowest BCUT2D eigenvalue weighted by molar-refractivity contribution is 0.601. The van der Waals surface area contributed by atoms with Gasteiger partial charge in [0.05, 0.1) is 11.4 Å². The summed E-state index contributed by atoms with van der Waals surface area (Å²) in [6.07, 6.45) is 0. The third-order valence-corrected chi connectivity index (χ3v) is 16.0. The molecule has 0 amide bonds. The Labute approximate surface area is 410 Å². The molecular formula is C66H56N2O2. The van der Waals surface area contributed by atoms with Crippen molar-refractivity contribution in [2.45, 2.75) is 80.1 Å². The molecule has 0 bridgehead atoms. The Morgan fingerprint density at radius 3 is 1.13 bits per heavy atom. The molecule has 0 unspecified atom stereocenters. The van der Waals surface area contributed by atoms with Gasteiger partial charge in [0.15, 0.2) is 11.2 Å². The van der Waals surface area contributed by atoms with Crippen LogP contribution in [0.3, 0.4) is 0 Å². The van der Waals surface area contributed by atoms with Crippen LogP contribution in [0.5, 0.6) is 0 Å². The van der Waals surface area contributed by atoms with Crippen LogP contribution in [0.4, 0.5) is 34.1 Å². The van der Waals surface area contributed by atoms with Gasteiger partial charge in [-0.2, -0.15) is 0 Å². The predicted molar refractivity (Wildman–Crippen MR) is 294 cm³/mol. The second-order valence-electron chi connectivity index (χ2n) is 21.2. The standard InChI is InChI=1S/C66H56N2O2/c1-37-27-31-51(41(5)33-37)67(49-23-15-11-19-39(49)3)53-35-47-57(59-43-21-13-17-25-55(43)69-63(53)59)45-29-30-46-58-48(66(9,10)62(46)61(45)65(47,7)8)36-54(64-60(58)44-22-14-18-26-56(44)70-64)68(50-24-16-12-20-40(50)4)52-32-28-38(2)34-42(52)6/h11-36H,1-10H3. The average molecular weight is 909 g/mol. The van der Waals surface area contributed by atoms with Gasteiger partial charge in [-0.3, -0.25) is 0 Å². The molecule has 13 rings (SSSR count). The topological polar surface area (TPSA) is 32.8 Å². The second kappa shape index (κ2) is 14.8. The first-order valence-electron chi connectivity index (χ1n) is 24.8. The molecule has 0 radical (unpaired) electrons. The molecule has 0 N–H and O–H groups in total. The zero-order valence-electron chi connectivity index (χ0n) is 41.7. The largest absolute Gasteiger partial charge is 0.454 e. The maximum atomic E-state index is 7.16. The summed E-state index contributed by atoms with van der Waals surface area (Å²) in [5.74, 6) is 0. The minimum atomic E-state index is -0.400. The summed E-state index contributed by atoms with van der Waals surface area (Å²) >= 11 is 0. The molecule has 9 aromatic carbocycles. The molecule has 4 nitrogen and oxygen atoms in total. The fourth-order valence-corrected chi connectivity index (χ4v) is 12.8. The number of furan rings is 2. The monoisotopic (exact) mass is 908 g/mol. The summed E-state index contributed by atoms with van der Waals surface area (Å²) in [7, 11) is 0. The molecule has 2 aliphatic rings. The molecule has 0 spiro atoms. The molecule has 4 heteroatoms. The van der Waals surface area contributed by atoms with Crippen molar-refractivity contribution < 1.29 is 8.83 Å². The van der Waals surface area contributed by atoms with Crippen LogP contribution in [0.1, 0.15) is 83.3 Å². The van der Waals surface area contributed by atoms with E-state index in [-0.39, 0.29) is 0 Å². The Balaban J connectivity index is 1.11. The molecule has 0 saturated heterocycles. The van der Waals surface area contributed by atoms with Crippen molar-refractivity contribution in [3.05, 3.63) is 213 Å². The summed E-state index contributed by atoms with van der Waals surface area (Å²) in [5, 5.41) is 4.59. The number of rotatable bonds is 6. The Kier molecular flexibility index (Phi) is 8.97. The molecule has 2 heterocycles. The van der Waals surface area contributed by atoms with Crippen LogP contribution < -0.4 is 9.80 Å². The van der Waals surface area contributed by atoms with Crippen molar-refractivity contribution >= 4 is 78.0 Å². The highest BCUT2D eigenvalue weighted by Gasteiger charge is 2.48. The number of anilines is 6. The van der Waals surface area contributed by atoms with Crippen LogP contribution in [0.25, 0.3) is 66.1 Å². The summed E-state index contributed by atoms with van der Waals surface area (Å²) < 4.78 is 14.3. The van der Waals surface area contributed by atoms with Gasteiger partial charge in [0.2, 0.25) is 0 Å². The number of hydrogen-bond acceptors (Lipinski definition) is 4. The molecule has 11 aromatic rings. The lowest BCUT2D eigenvalue weighted by Gasteiger charge is -2.33. The van der Waals surface area contributed by atoms with Crippen molar-refractivity contribution in [1.29, 1.82) is 0 Å². The zero-order chi connectivity index (χ0) is 48.1. The summed E-state index contributed by atoms with van der Waals surface area (Å²) in [5.41, 5.74) is 27.2. The highest BCUT2D eigenvalue weighted by Crippen LogP contribution is 2.64. The van der Waals surface area contributed by atoms with Gasteiger partial charge in [-0.05, 0) is 157 Å². The Bertz CT molecular complexity index is 3780. The highest BCUT2D eigenvalue weighted by molar-refractivity contribution is 6.22. The summed E-state index contributed by atoms with van der Waals surface area (Å²) in [6, 6.07) is 58.1. The molecule has 0 saturated carbocycles. The molecule has 0 fully saturated rings. The normalized spacial score (nSPS) is 14.1. The number of aryl methyl sites for hydroxylation is 6. The van der Waals surface area contributed by atoms with Crippen molar-refractivity contribution in [2.75, 3.05) is 9.80 Å². The van der Waals surface area contributed by atoms with Gasteiger partial charge in [-0.15, -0.1) is 0 Å². The van der Waals surface area contributed by atoms with E-state index in [2.05, 4.69) is 237 Å². The number of benzene rings is 9. The van der Waals surface area contributed by atoms with E-state index < -0.39 is 10.8 Å². The maximum absolute atomic E-state index is 7.16. The molecular weight excluding hydrogens is 853 g/mol. The van der Waals surface area contributed by atoms with E-state index in [1.54, 1.807) is 0 Å². The smallest absolute Gasteiger partial charge is 0.160 e. The van der Waals surface area contributed by atoms with E-state index in [0.29, 0.717) is 0 Å². The number of hydrogen-bond donors (Lipinski definition) is 0. The third kappa shape index (κ3) is 5.77. The molecule has 0 atom stereocenters. The van der Waals surface area contributed by atoms with Crippen molar-refractivity contribution in [3.8, 4) is 22.3 Å². The van der Waals surface area contributed by atoms with Gasteiger partial charge in [-0.25, -0.2) is 0 Å². The van der Waals surface area contributed by atoms with Crippen LogP contribution in [-0.2, 0) is 10.8 Å². The Morgan fingerprint density at radius 1 is 0.357 bits per heavy atom. The molecule has 342 valence electrons. The first-order chi connectivity index (χ1) is 33.7. The number of fused-ring (bicyclic) bond motifs is 15. The van der Waals surface area contributed by atoms with Gasteiger partial charge in [-0.1, -0.05) is 148 Å². The van der Waals surface area contributed by atoms with Gasteiger partial charge < -0.3 is 18.6 Å². The molecule has 2 aliphatic carbocycles. The average Bonchev–Trinajstić information content (AvgIpc) is 4.04. The van der Waals surface area contributed by atoms with Crippen LogP contribution in [-0.4, -0.2) is 0 Å². The quantitative estimate of drug-likeness (QED) is 0.166. The minimum absolute atomic E-state index is 0.400. The SMILES string of the molecule is Cc1ccc(N(c2ccccc2C)c2cc3c(c4c2oc2ccccc24)-c2ccc4c(c2C3(C)C)C(C)(C)c2cc(N(c3ccccc3C)c3ccc(C)cc3C)c3oc5ccccc5c3c2-4)c(C)c1. The lowest BCUT2D eigenvalue weighted by Crippen LogP contribution is -2.24. The van der Waals surface area contributed by atoms with E-state index in [4.69, 9.17) is 8.83 Å². The van der Waals surface area contributed by atoms with Crippen LogP contribution in [0, 0.1) is 41.5 Å². The fourth-order valence-electron chi connectivity index (χ4n) is 12.8. The van der Waals surface area contributed by atoms with E-state index >= 15 is 0 Å².